The highest BCUT2D eigenvalue weighted by Crippen LogP contribution is 2.36. The maximum atomic E-state index is 12.7. The van der Waals surface area contributed by atoms with E-state index in [2.05, 4.69) is 11.6 Å². The third kappa shape index (κ3) is 4.21. The van der Waals surface area contributed by atoms with E-state index in [1.807, 2.05) is 13.8 Å². The van der Waals surface area contributed by atoms with Gasteiger partial charge in [0.25, 0.3) is 11.8 Å². The number of rotatable bonds is 6. The summed E-state index contributed by atoms with van der Waals surface area (Å²) in [5.74, 6) is -0.782. The lowest BCUT2D eigenvalue weighted by molar-refractivity contribution is -0.117. The molecule has 152 valence electrons. The average Bonchev–Trinajstić information content (AvgIpc) is 2.90. The van der Waals surface area contributed by atoms with Crippen molar-refractivity contribution in [3.8, 4) is 0 Å². The Morgan fingerprint density at radius 2 is 1.79 bits per heavy atom. The lowest BCUT2D eigenvalue weighted by Gasteiger charge is -2.31. The zero-order chi connectivity index (χ0) is 21.2. The Morgan fingerprint density at radius 3 is 2.38 bits per heavy atom. The predicted octanol–water partition coefficient (Wildman–Crippen LogP) is 3.89. The first-order valence-corrected chi connectivity index (χ1v) is 9.80. The van der Waals surface area contributed by atoms with Gasteiger partial charge in [-0.15, -0.1) is 6.58 Å². The highest BCUT2D eigenvalue weighted by molar-refractivity contribution is 6.24. The van der Waals surface area contributed by atoms with E-state index in [4.69, 9.17) is 0 Å². The maximum absolute atomic E-state index is 12.7. The highest BCUT2D eigenvalue weighted by Gasteiger charge is 2.37. The fourth-order valence-electron chi connectivity index (χ4n) is 3.90. The van der Waals surface area contributed by atoms with Gasteiger partial charge in [-0.2, -0.15) is 0 Å². The molecule has 0 unspecified atom stereocenters. The van der Waals surface area contributed by atoms with Gasteiger partial charge in [0, 0.05) is 25.1 Å². The Balaban J connectivity index is 1.72. The number of amides is 2. The predicted molar refractivity (Wildman–Crippen MR) is 111 cm³/mol. The summed E-state index contributed by atoms with van der Waals surface area (Å²) >= 11 is 0. The number of allylic oxidation sites excluding steroid dienone is 2. The molecule has 1 saturated carbocycles. The van der Waals surface area contributed by atoms with Gasteiger partial charge in [0.2, 0.25) is 0 Å². The summed E-state index contributed by atoms with van der Waals surface area (Å²) in [6.07, 6.45) is 3.16. The number of imide groups is 1. The monoisotopic (exact) mass is 394 g/mol. The van der Waals surface area contributed by atoms with E-state index in [0.29, 0.717) is 42.6 Å². The molecule has 1 aliphatic carbocycles. The zero-order valence-electron chi connectivity index (χ0n) is 16.9. The van der Waals surface area contributed by atoms with Gasteiger partial charge in [-0.3, -0.25) is 24.3 Å². The molecule has 0 saturated heterocycles. The molecular weight excluding hydrogens is 368 g/mol. The molecule has 2 amide bonds. The molecule has 0 radical (unpaired) electrons. The van der Waals surface area contributed by atoms with E-state index in [9.17, 15) is 19.5 Å². The molecule has 0 spiro atoms. The minimum Gasteiger partial charge on any atom is -0.511 e. The molecule has 2 aliphatic rings. The Morgan fingerprint density at radius 1 is 1.17 bits per heavy atom. The largest absolute Gasteiger partial charge is 0.511 e. The number of benzene rings is 1. The standard InChI is InChI=1S/C23H26N2O4/c1-4-11-24-17-13-23(2,3)14-19(27)20(17)18(26)10-7-12-25-21(28)15-8-5-6-9-16(15)22(25)29/h4-6,8-9,26H,1,7,10-14H2,2-3H3/b20-18-,24-17?. The second-order valence-corrected chi connectivity index (χ2v) is 8.25. The van der Waals surface area contributed by atoms with Crippen LogP contribution in [0.1, 0.15) is 60.2 Å². The number of carbonyl (C=O) groups excluding carboxylic acids is 3. The summed E-state index contributed by atoms with van der Waals surface area (Å²) in [6.45, 7) is 8.23. The number of hydrogen-bond acceptors (Lipinski definition) is 5. The van der Waals surface area contributed by atoms with Crippen LogP contribution in [0.2, 0.25) is 0 Å². The van der Waals surface area contributed by atoms with Crippen molar-refractivity contribution in [1.82, 2.24) is 4.90 Å². The van der Waals surface area contributed by atoms with Crippen molar-refractivity contribution in [2.75, 3.05) is 13.1 Å². The van der Waals surface area contributed by atoms with E-state index >= 15 is 0 Å². The minimum atomic E-state index is -0.318. The van der Waals surface area contributed by atoms with E-state index in [1.54, 1.807) is 30.3 Å². The Bertz CT molecular complexity index is 905. The van der Waals surface area contributed by atoms with E-state index in [0.717, 1.165) is 0 Å². The lowest BCUT2D eigenvalue weighted by atomic mass is 9.73. The number of hydrogen-bond donors (Lipinski definition) is 1. The third-order valence-electron chi connectivity index (χ3n) is 5.23. The molecule has 1 heterocycles. The molecule has 0 bridgehead atoms. The summed E-state index contributed by atoms with van der Waals surface area (Å²) in [6, 6.07) is 6.73. The first-order chi connectivity index (χ1) is 13.7. The van der Waals surface area contributed by atoms with Crippen LogP contribution >= 0.6 is 0 Å². The van der Waals surface area contributed by atoms with Gasteiger partial charge in [0.05, 0.1) is 23.2 Å². The second kappa shape index (κ2) is 8.15. The number of aliphatic hydroxyl groups excluding tert-OH is 1. The molecule has 1 aromatic carbocycles. The molecular formula is C23H26N2O4. The summed E-state index contributed by atoms with van der Waals surface area (Å²) in [5.41, 5.74) is 1.49. The number of carbonyl (C=O) groups is 3. The Kier molecular flexibility index (Phi) is 5.82. The van der Waals surface area contributed by atoms with Crippen molar-refractivity contribution in [1.29, 1.82) is 0 Å². The van der Waals surface area contributed by atoms with Crippen LogP contribution in [-0.2, 0) is 4.79 Å². The molecule has 3 rings (SSSR count). The lowest BCUT2D eigenvalue weighted by Crippen LogP contribution is -2.33. The number of aliphatic hydroxyl groups is 1. The van der Waals surface area contributed by atoms with Crippen LogP contribution in [0.4, 0.5) is 0 Å². The first-order valence-electron chi connectivity index (χ1n) is 9.80. The fourth-order valence-corrected chi connectivity index (χ4v) is 3.90. The molecule has 6 heteroatoms. The summed E-state index contributed by atoms with van der Waals surface area (Å²) in [4.78, 5) is 43.1. The van der Waals surface area contributed by atoms with E-state index in [1.165, 1.54) is 4.90 Å². The molecule has 0 atom stereocenters. The van der Waals surface area contributed by atoms with Gasteiger partial charge in [0.15, 0.2) is 5.78 Å². The van der Waals surface area contributed by atoms with Crippen LogP contribution in [0.25, 0.3) is 0 Å². The smallest absolute Gasteiger partial charge is 0.261 e. The molecule has 1 N–H and O–H groups in total. The normalized spacial score (nSPS) is 21.5. The van der Waals surface area contributed by atoms with Gasteiger partial charge >= 0.3 is 0 Å². The molecule has 1 aliphatic heterocycles. The van der Waals surface area contributed by atoms with E-state index < -0.39 is 0 Å². The summed E-state index contributed by atoms with van der Waals surface area (Å²) in [5, 5.41) is 10.6. The van der Waals surface area contributed by atoms with Gasteiger partial charge in [0.1, 0.15) is 5.76 Å². The topological polar surface area (TPSA) is 87.0 Å². The van der Waals surface area contributed by atoms with Crippen molar-refractivity contribution >= 4 is 23.3 Å². The zero-order valence-corrected chi connectivity index (χ0v) is 16.9. The van der Waals surface area contributed by atoms with Crippen molar-refractivity contribution in [3.05, 3.63) is 59.4 Å². The quantitative estimate of drug-likeness (QED) is 0.343. The molecule has 6 nitrogen and oxygen atoms in total. The summed E-state index contributed by atoms with van der Waals surface area (Å²) in [7, 11) is 0. The van der Waals surface area contributed by atoms with Gasteiger partial charge < -0.3 is 5.11 Å². The summed E-state index contributed by atoms with van der Waals surface area (Å²) < 4.78 is 0. The number of aliphatic imine (C=N–C) groups is 1. The van der Waals surface area contributed by atoms with Gasteiger partial charge in [-0.25, -0.2) is 0 Å². The number of fused-ring (bicyclic) bond motifs is 1. The van der Waals surface area contributed by atoms with Crippen LogP contribution in [0, 0.1) is 5.41 Å². The fraction of sp³-hybridized carbons (Fsp3) is 0.391. The van der Waals surface area contributed by atoms with Crippen LogP contribution in [0.15, 0.2) is 53.2 Å². The Labute approximate surface area is 170 Å². The number of nitrogens with zero attached hydrogens (tertiary/aromatic N) is 2. The number of Topliss-reactive ketones (excluding diaryl/α,β-unsaturated/α-hetero) is 1. The van der Waals surface area contributed by atoms with Crippen molar-refractivity contribution in [2.45, 2.75) is 39.5 Å². The number of ketones is 1. The van der Waals surface area contributed by atoms with Crippen molar-refractivity contribution < 1.29 is 19.5 Å². The molecule has 29 heavy (non-hydrogen) atoms. The van der Waals surface area contributed by atoms with Crippen LogP contribution in [-0.4, -0.2) is 46.4 Å². The van der Waals surface area contributed by atoms with Crippen LogP contribution in [0.5, 0.6) is 0 Å². The SMILES string of the molecule is C=CCN=C1CC(C)(C)CC(=O)/C1=C(\O)CCCN1C(=O)c2ccccc2C1=O. The van der Waals surface area contributed by atoms with Gasteiger partial charge in [-0.05, 0) is 30.4 Å². The Hall–Kier alpha value is -3.02. The van der Waals surface area contributed by atoms with Crippen molar-refractivity contribution in [2.24, 2.45) is 10.4 Å². The van der Waals surface area contributed by atoms with Gasteiger partial charge in [-0.1, -0.05) is 32.1 Å². The van der Waals surface area contributed by atoms with E-state index in [-0.39, 0.29) is 47.3 Å². The molecule has 0 aromatic heterocycles. The van der Waals surface area contributed by atoms with Crippen LogP contribution in [0.3, 0.4) is 0 Å². The maximum Gasteiger partial charge on any atom is 0.261 e. The van der Waals surface area contributed by atoms with Crippen molar-refractivity contribution in [3.63, 3.8) is 0 Å². The highest BCUT2D eigenvalue weighted by atomic mass is 16.3. The minimum absolute atomic E-state index is 0.0232. The molecule has 1 aromatic rings. The second-order valence-electron chi connectivity index (χ2n) is 8.25. The first kappa shape index (κ1) is 20.7. The molecule has 1 fully saturated rings. The average molecular weight is 394 g/mol. The third-order valence-corrected chi connectivity index (χ3v) is 5.23. The van der Waals surface area contributed by atoms with Crippen LogP contribution < -0.4 is 0 Å².